The van der Waals surface area contributed by atoms with Crippen LogP contribution in [-0.2, 0) is 6.61 Å². The fourth-order valence-corrected chi connectivity index (χ4v) is 3.22. The van der Waals surface area contributed by atoms with Crippen LogP contribution in [0.2, 0.25) is 0 Å². The average molecular weight is 325 g/mol. The zero-order valence-corrected chi connectivity index (χ0v) is 12.6. The van der Waals surface area contributed by atoms with Crippen LogP contribution in [0.3, 0.4) is 0 Å². The molecule has 0 aliphatic rings. The summed E-state index contributed by atoms with van der Waals surface area (Å²) >= 11 is 5.14. The van der Waals surface area contributed by atoms with Crippen molar-refractivity contribution in [2.24, 2.45) is 0 Å². The van der Waals surface area contributed by atoms with Crippen molar-refractivity contribution in [3.63, 3.8) is 0 Å². The van der Waals surface area contributed by atoms with Gasteiger partial charge in [0.1, 0.15) is 18.6 Å². The number of benzene rings is 1. The van der Waals surface area contributed by atoms with Gasteiger partial charge in [0.2, 0.25) is 0 Å². The van der Waals surface area contributed by atoms with Crippen LogP contribution in [0.5, 0.6) is 5.75 Å². The SMILES string of the molecule is Cc1cc(C=O)cc(C)c1OCc1sccc1Br. The zero-order chi connectivity index (χ0) is 13.1. The third-order valence-electron chi connectivity index (χ3n) is 2.66. The van der Waals surface area contributed by atoms with Crippen molar-refractivity contribution in [3.8, 4) is 5.75 Å². The smallest absolute Gasteiger partial charge is 0.150 e. The minimum atomic E-state index is 0.542. The van der Waals surface area contributed by atoms with E-state index < -0.39 is 0 Å². The number of rotatable bonds is 4. The molecule has 2 nitrogen and oxygen atoms in total. The molecule has 0 aliphatic heterocycles. The van der Waals surface area contributed by atoms with Gasteiger partial charge in [-0.25, -0.2) is 0 Å². The van der Waals surface area contributed by atoms with Crippen LogP contribution in [0.25, 0.3) is 0 Å². The Kier molecular flexibility index (Phi) is 4.19. The molecule has 0 atom stereocenters. The van der Waals surface area contributed by atoms with Gasteiger partial charge >= 0.3 is 0 Å². The summed E-state index contributed by atoms with van der Waals surface area (Å²) in [7, 11) is 0. The number of aryl methyl sites for hydroxylation is 2. The van der Waals surface area contributed by atoms with Crippen LogP contribution in [-0.4, -0.2) is 6.29 Å². The molecule has 0 N–H and O–H groups in total. The number of thiophene rings is 1. The second-order valence-electron chi connectivity index (χ2n) is 4.08. The van der Waals surface area contributed by atoms with Crippen molar-refractivity contribution in [2.45, 2.75) is 20.5 Å². The summed E-state index contributed by atoms with van der Waals surface area (Å²) in [4.78, 5) is 11.9. The van der Waals surface area contributed by atoms with Crippen LogP contribution in [0.15, 0.2) is 28.1 Å². The number of hydrogen-bond acceptors (Lipinski definition) is 3. The van der Waals surface area contributed by atoms with Crippen molar-refractivity contribution in [2.75, 3.05) is 0 Å². The molecule has 0 aliphatic carbocycles. The highest BCUT2D eigenvalue weighted by Crippen LogP contribution is 2.28. The standard InChI is InChI=1S/C14H13BrO2S/c1-9-5-11(7-16)6-10(2)14(9)17-8-13-12(15)3-4-18-13/h3-7H,8H2,1-2H3. The fourth-order valence-electron chi connectivity index (χ4n) is 1.85. The van der Waals surface area contributed by atoms with E-state index in [2.05, 4.69) is 15.9 Å². The van der Waals surface area contributed by atoms with Crippen LogP contribution < -0.4 is 4.74 Å². The van der Waals surface area contributed by atoms with Crippen molar-refractivity contribution in [3.05, 3.63) is 49.6 Å². The second-order valence-corrected chi connectivity index (χ2v) is 5.94. The lowest BCUT2D eigenvalue weighted by Crippen LogP contribution is -1.99. The quantitative estimate of drug-likeness (QED) is 0.773. The van der Waals surface area contributed by atoms with E-state index >= 15 is 0 Å². The molecular formula is C14H13BrO2S. The summed E-state index contributed by atoms with van der Waals surface area (Å²) in [5.74, 6) is 0.862. The van der Waals surface area contributed by atoms with E-state index in [1.807, 2.05) is 37.4 Å². The van der Waals surface area contributed by atoms with Gasteiger partial charge in [0, 0.05) is 10.0 Å². The topological polar surface area (TPSA) is 26.3 Å². The predicted molar refractivity (Wildman–Crippen MR) is 77.7 cm³/mol. The Hall–Kier alpha value is -1.13. The van der Waals surface area contributed by atoms with E-state index in [4.69, 9.17) is 4.74 Å². The number of carbonyl (C=O) groups is 1. The molecule has 0 spiro atoms. The Morgan fingerprint density at radius 2 is 2.00 bits per heavy atom. The molecule has 2 rings (SSSR count). The second kappa shape index (κ2) is 5.67. The molecule has 18 heavy (non-hydrogen) atoms. The first-order valence-electron chi connectivity index (χ1n) is 5.53. The van der Waals surface area contributed by atoms with Crippen LogP contribution in [0, 0.1) is 13.8 Å². The highest BCUT2D eigenvalue weighted by molar-refractivity contribution is 9.10. The van der Waals surface area contributed by atoms with Gasteiger partial charge in [-0.05, 0) is 64.5 Å². The number of ether oxygens (including phenoxy) is 1. The monoisotopic (exact) mass is 324 g/mol. The molecule has 0 amide bonds. The third-order valence-corrected chi connectivity index (χ3v) is 4.56. The molecule has 1 aromatic carbocycles. The lowest BCUT2D eigenvalue weighted by Gasteiger charge is -2.12. The largest absolute Gasteiger partial charge is 0.487 e. The van der Waals surface area contributed by atoms with E-state index in [0.717, 1.165) is 32.5 Å². The van der Waals surface area contributed by atoms with Gasteiger partial charge in [-0.15, -0.1) is 11.3 Å². The minimum Gasteiger partial charge on any atom is -0.487 e. The molecule has 2 aromatic rings. The Labute approximate surface area is 119 Å². The molecule has 0 saturated carbocycles. The normalized spacial score (nSPS) is 10.4. The maximum Gasteiger partial charge on any atom is 0.150 e. The minimum absolute atomic E-state index is 0.542. The van der Waals surface area contributed by atoms with Gasteiger partial charge in [-0.3, -0.25) is 4.79 Å². The van der Waals surface area contributed by atoms with E-state index in [9.17, 15) is 4.79 Å². The van der Waals surface area contributed by atoms with E-state index in [-0.39, 0.29) is 0 Å². The molecular weight excluding hydrogens is 312 g/mol. The van der Waals surface area contributed by atoms with Crippen molar-refractivity contribution in [1.29, 1.82) is 0 Å². The lowest BCUT2D eigenvalue weighted by atomic mass is 10.1. The highest BCUT2D eigenvalue weighted by atomic mass is 79.9. The van der Waals surface area contributed by atoms with Crippen molar-refractivity contribution >= 4 is 33.6 Å². The van der Waals surface area contributed by atoms with Gasteiger partial charge in [0.05, 0.1) is 4.88 Å². The van der Waals surface area contributed by atoms with Crippen LogP contribution in [0.4, 0.5) is 0 Å². The molecule has 94 valence electrons. The van der Waals surface area contributed by atoms with Gasteiger partial charge in [0.25, 0.3) is 0 Å². The first-order chi connectivity index (χ1) is 8.61. The van der Waals surface area contributed by atoms with Gasteiger partial charge in [-0.2, -0.15) is 0 Å². The highest BCUT2D eigenvalue weighted by Gasteiger charge is 2.08. The molecule has 1 aromatic heterocycles. The number of halogens is 1. The van der Waals surface area contributed by atoms with E-state index in [1.54, 1.807) is 11.3 Å². The van der Waals surface area contributed by atoms with E-state index in [1.165, 1.54) is 0 Å². The van der Waals surface area contributed by atoms with Crippen molar-refractivity contribution in [1.82, 2.24) is 0 Å². The molecule has 0 fully saturated rings. The number of hydrogen-bond donors (Lipinski definition) is 0. The maximum atomic E-state index is 10.8. The van der Waals surface area contributed by atoms with Crippen molar-refractivity contribution < 1.29 is 9.53 Å². The Bertz CT molecular complexity index is 552. The zero-order valence-electron chi connectivity index (χ0n) is 10.2. The average Bonchev–Trinajstić information content (AvgIpc) is 2.73. The Morgan fingerprint density at radius 1 is 1.33 bits per heavy atom. The molecule has 0 saturated heterocycles. The molecule has 1 heterocycles. The number of carbonyl (C=O) groups excluding carboxylic acids is 1. The number of aldehydes is 1. The van der Waals surface area contributed by atoms with E-state index in [0.29, 0.717) is 12.2 Å². The summed E-state index contributed by atoms with van der Waals surface area (Å²) < 4.78 is 6.93. The molecule has 4 heteroatoms. The first kappa shape index (κ1) is 13.3. The molecule has 0 radical (unpaired) electrons. The van der Waals surface area contributed by atoms with Gasteiger partial charge in [-0.1, -0.05) is 0 Å². The van der Waals surface area contributed by atoms with Crippen LogP contribution in [0.1, 0.15) is 26.4 Å². The summed E-state index contributed by atoms with van der Waals surface area (Å²) in [5.41, 5.74) is 2.67. The maximum absolute atomic E-state index is 10.8. The summed E-state index contributed by atoms with van der Waals surface area (Å²) in [6.45, 7) is 4.46. The fraction of sp³-hybridized carbons (Fsp3) is 0.214. The summed E-state index contributed by atoms with van der Waals surface area (Å²) in [6.07, 6.45) is 0.861. The molecule has 0 bridgehead atoms. The van der Waals surface area contributed by atoms with Gasteiger partial charge < -0.3 is 4.74 Å². The Morgan fingerprint density at radius 3 is 2.50 bits per heavy atom. The predicted octanol–water partition coefficient (Wildman–Crippen LogP) is 4.52. The summed E-state index contributed by atoms with van der Waals surface area (Å²) in [6, 6.07) is 5.70. The first-order valence-corrected chi connectivity index (χ1v) is 7.20. The Balaban J connectivity index is 2.19. The summed E-state index contributed by atoms with van der Waals surface area (Å²) in [5, 5.41) is 2.03. The molecule has 0 unspecified atom stereocenters. The third kappa shape index (κ3) is 2.82. The lowest BCUT2D eigenvalue weighted by molar-refractivity contribution is 0.112. The van der Waals surface area contributed by atoms with Gasteiger partial charge in [0.15, 0.2) is 0 Å². The van der Waals surface area contributed by atoms with Crippen LogP contribution >= 0.6 is 27.3 Å².